The molecule has 2 aliphatic rings. The molecule has 26 heavy (non-hydrogen) atoms. The lowest BCUT2D eigenvalue weighted by atomic mass is 10.1. The summed E-state index contributed by atoms with van der Waals surface area (Å²) in [6.07, 6.45) is 7.40. The topological polar surface area (TPSA) is 84.9 Å². The van der Waals surface area contributed by atoms with E-state index in [0.717, 1.165) is 55.5 Å². The molecule has 8 heteroatoms. The second kappa shape index (κ2) is 6.53. The summed E-state index contributed by atoms with van der Waals surface area (Å²) in [6, 6.07) is 3.97. The highest BCUT2D eigenvalue weighted by molar-refractivity contribution is 5.62. The van der Waals surface area contributed by atoms with E-state index < -0.39 is 0 Å². The minimum absolute atomic E-state index is 0.466. The monoisotopic (exact) mass is 351 g/mol. The van der Waals surface area contributed by atoms with Gasteiger partial charge in [-0.1, -0.05) is 5.16 Å². The highest BCUT2D eigenvalue weighted by Gasteiger charge is 2.21. The van der Waals surface area contributed by atoms with Crippen molar-refractivity contribution in [2.24, 2.45) is 0 Å². The molecular formula is C18H21N7O. The molecule has 0 amide bonds. The number of aromatic nitrogens is 5. The number of hydrogen-bond donors (Lipinski definition) is 1. The van der Waals surface area contributed by atoms with Gasteiger partial charge in [0.25, 0.3) is 5.89 Å². The molecule has 1 fully saturated rings. The van der Waals surface area contributed by atoms with E-state index in [2.05, 4.69) is 34.9 Å². The number of nitrogens with one attached hydrogen (secondary N) is 1. The number of rotatable bonds is 3. The Bertz CT molecular complexity index is 910. The van der Waals surface area contributed by atoms with E-state index in [0.29, 0.717) is 11.7 Å². The summed E-state index contributed by atoms with van der Waals surface area (Å²) < 4.78 is 7.65. The smallest absolute Gasteiger partial charge is 0.278 e. The average molecular weight is 351 g/mol. The number of imidazole rings is 1. The first kappa shape index (κ1) is 15.5. The first-order valence-corrected chi connectivity index (χ1v) is 9.19. The van der Waals surface area contributed by atoms with Crippen LogP contribution in [0.25, 0.3) is 23.0 Å². The Balaban J connectivity index is 1.44. The maximum absolute atomic E-state index is 5.52. The Morgan fingerprint density at radius 2 is 2.00 bits per heavy atom. The van der Waals surface area contributed by atoms with Crippen molar-refractivity contribution in [1.82, 2.24) is 30.0 Å². The first-order valence-electron chi connectivity index (χ1n) is 9.19. The van der Waals surface area contributed by atoms with E-state index in [-0.39, 0.29) is 0 Å². The second-order valence-electron chi connectivity index (χ2n) is 6.78. The van der Waals surface area contributed by atoms with Crippen molar-refractivity contribution in [1.29, 1.82) is 0 Å². The minimum atomic E-state index is 0.466. The van der Waals surface area contributed by atoms with E-state index in [1.165, 1.54) is 19.3 Å². The quantitative estimate of drug-likeness (QED) is 0.773. The average Bonchev–Trinajstić information content (AvgIpc) is 3.36. The fourth-order valence-electron chi connectivity index (χ4n) is 3.66. The lowest BCUT2D eigenvalue weighted by Gasteiger charge is -2.27. The second-order valence-corrected chi connectivity index (χ2v) is 6.78. The SMILES string of the molecule is c1cc(-c2noc(-c3ncn4c3CNCC4)n2)cc(N2CCCCC2)n1. The minimum Gasteiger partial charge on any atom is -0.357 e. The molecule has 0 atom stereocenters. The molecule has 0 spiro atoms. The summed E-state index contributed by atoms with van der Waals surface area (Å²) in [5, 5.41) is 7.53. The highest BCUT2D eigenvalue weighted by atomic mass is 16.5. The van der Waals surface area contributed by atoms with E-state index in [4.69, 9.17) is 4.52 Å². The Labute approximate surface area is 151 Å². The van der Waals surface area contributed by atoms with Gasteiger partial charge in [0, 0.05) is 44.5 Å². The van der Waals surface area contributed by atoms with E-state index in [1.807, 2.05) is 24.7 Å². The van der Waals surface area contributed by atoms with Gasteiger partial charge in [-0.05, 0) is 31.4 Å². The summed E-state index contributed by atoms with van der Waals surface area (Å²) in [6.45, 7) is 4.74. The van der Waals surface area contributed by atoms with Crippen LogP contribution in [0.1, 0.15) is 25.0 Å². The third-order valence-corrected chi connectivity index (χ3v) is 5.08. The van der Waals surface area contributed by atoms with Crippen molar-refractivity contribution in [3.05, 3.63) is 30.4 Å². The summed E-state index contributed by atoms with van der Waals surface area (Å²) in [5.74, 6) is 2.03. The van der Waals surface area contributed by atoms with Crippen LogP contribution in [0, 0.1) is 0 Å². The first-order chi connectivity index (χ1) is 12.9. The van der Waals surface area contributed by atoms with Gasteiger partial charge in [0.15, 0.2) is 5.69 Å². The predicted octanol–water partition coefficient (Wildman–Crippen LogP) is 2.09. The van der Waals surface area contributed by atoms with Crippen LogP contribution in [-0.2, 0) is 13.1 Å². The zero-order chi connectivity index (χ0) is 17.3. The van der Waals surface area contributed by atoms with E-state index >= 15 is 0 Å². The van der Waals surface area contributed by atoms with Gasteiger partial charge in [-0.15, -0.1) is 0 Å². The maximum Gasteiger partial charge on any atom is 0.278 e. The maximum atomic E-state index is 5.52. The fraction of sp³-hybridized carbons (Fsp3) is 0.444. The lowest BCUT2D eigenvalue weighted by Crippen LogP contribution is -2.30. The van der Waals surface area contributed by atoms with Gasteiger partial charge >= 0.3 is 0 Å². The van der Waals surface area contributed by atoms with Crippen molar-refractivity contribution in [2.75, 3.05) is 24.5 Å². The largest absolute Gasteiger partial charge is 0.357 e. The molecular weight excluding hydrogens is 330 g/mol. The molecule has 1 saturated heterocycles. The van der Waals surface area contributed by atoms with Crippen molar-refractivity contribution in [2.45, 2.75) is 32.4 Å². The van der Waals surface area contributed by atoms with Gasteiger partial charge in [0.2, 0.25) is 5.82 Å². The molecule has 3 aromatic heterocycles. The zero-order valence-electron chi connectivity index (χ0n) is 14.6. The molecule has 5 heterocycles. The molecule has 8 nitrogen and oxygen atoms in total. The summed E-state index contributed by atoms with van der Waals surface area (Å²) in [7, 11) is 0. The van der Waals surface area contributed by atoms with Gasteiger partial charge in [0.1, 0.15) is 5.82 Å². The standard InChI is InChI=1S/C18H21N7O/c1-2-7-24(8-3-1)15-10-13(4-5-20-15)17-22-18(26-23-17)16-14-11-19-6-9-25(14)12-21-16/h4-5,10,12,19H,1-3,6-9,11H2. The third kappa shape index (κ3) is 2.76. The van der Waals surface area contributed by atoms with Gasteiger partial charge in [-0.25, -0.2) is 9.97 Å². The highest BCUT2D eigenvalue weighted by Crippen LogP contribution is 2.27. The predicted molar refractivity (Wildman–Crippen MR) is 96.5 cm³/mol. The normalized spacial score (nSPS) is 17.3. The summed E-state index contributed by atoms with van der Waals surface area (Å²) >= 11 is 0. The van der Waals surface area contributed by atoms with Gasteiger partial charge < -0.3 is 19.3 Å². The van der Waals surface area contributed by atoms with Crippen LogP contribution in [0.15, 0.2) is 29.2 Å². The number of anilines is 1. The van der Waals surface area contributed by atoms with Crippen molar-refractivity contribution in [3.8, 4) is 23.0 Å². The third-order valence-electron chi connectivity index (χ3n) is 5.08. The molecule has 3 aromatic rings. The van der Waals surface area contributed by atoms with Gasteiger partial charge in [0.05, 0.1) is 12.0 Å². The van der Waals surface area contributed by atoms with Crippen molar-refractivity contribution in [3.63, 3.8) is 0 Å². The molecule has 2 aliphatic heterocycles. The van der Waals surface area contributed by atoms with Gasteiger partial charge in [-0.2, -0.15) is 4.98 Å². The molecule has 0 saturated carbocycles. The van der Waals surface area contributed by atoms with Crippen LogP contribution < -0.4 is 10.2 Å². The van der Waals surface area contributed by atoms with Crippen LogP contribution in [-0.4, -0.2) is 44.3 Å². The molecule has 134 valence electrons. The van der Waals surface area contributed by atoms with Crippen LogP contribution in [0.4, 0.5) is 5.82 Å². The van der Waals surface area contributed by atoms with Crippen LogP contribution in [0.2, 0.25) is 0 Å². The van der Waals surface area contributed by atoms with Crippen molar-refractivity contribution >= 4 is 5.82 Å². The van der Waals surface area contributed by atoms with Crippen LogP contribution >= 0.6 is 0 Å². The molecule has 0 bridgehead atoms. The molecule has 1 N–H and O–H groups in total. The number of fused-ring (bicyclic) bond motifs is 1. The molecule has 0 radical (unpaired) electrons. The fourth-order valence-corrected chi connectivity index (χ4v) is 3.66. The Morgan fingerprint density at radius 1 is 1.08 bits per heavy atom. The van der Waals surface area contributed by atoms with E-state index in [9.17, 15) is 0 Å². The molecule has 0 aromatic carbocycles. The summed E-state index contributed by atoms with van der Waals surface area (Å²) in [4.78, 5) is 15.9. The number of nitrogens with zero attached hydrogens (tertiary/aromatic N) is 6. The summed E-state index contributed by atoms with van der Waals surface area (Å²) in [5.41, 5.74) is 2.78. The van der Waals surface area contributed by atoms with Gasteiger partial charge in [-0.3, -0.25) is 0 Å². The Morgan fingerprint density at radius 3 is 2.92 bits per heavy atom. The number of hydrogen-bond acceptors (Lipinski definition) is 7. The lowest BCUT2D eigenvalue weighted by molar-refractivity contribution is 0.429. The number of piperidine rings is 1. The van der Waals surface area contributed by atoms with E-state index in [1.54, 1.807) is 0 Å². The van der Waals surface area contributed by atoms with Crippen LogP contribution in [0.3, 0.4) is 0 Å². The molecule has 5 rings (SSSR count). The van der Waals surface area contributed by atoms with Crippen LogP contribution in [0.5, 0.6) is 0 Å². The zero-order valence-corrected chi connectivity index (χ0v) is 14.6. The Kier molecular flexibility index (Phi) is 3.89. The van der Waals surface area contributed by atoms with Crippen molar-refractivity contribution < 1.29 is 4.52 Å². The Hall–Kier alpha value is -2.74. The molecule has 0 unspecified atom stereocenters. The number of pyridine rings is 1. The molecule has 0 aliphatic carbocycles.